The molecule has 0 aromatic heterocycles. The normalized spacial score (nSPS) is 11.0. The van der Waals surface area contributed by atoms with Crippen molar-refractivity contribution >= 4 is 6.16 Å². The Hall–Kier alpha value is -1.05. The van der Waals surface area contributed by atoms with Crippen LogP contribution < -0.4 is 0 Å². The summed E-state index contributed by atoms with van der Waals surface area (Å²) in [5, 5.41) is 0. The van der Waals surface area contributed by atoms with E-state index in [1.807, 2.05) is 0 Å². The van der Waals surface area contributed by atoms with Gasteiger partial charge in [-0.3, -0.25) is 0 Å². The minimum absolute atomic E-state index is 0.111. The summed E-state index contributed by atoms with van der Waals surface area (Å²) in [6.45, 7) is 6.72. The van der Waals surface area contributed by atoms with Gasteiger partial charge in [0.05, 0.1) is 92.5 Å². The molecule has 30 heavy (non-hydrogen) atoms. The highest BCUT2D eigenvalue weighted by Gasteiger charge is 2.03. The van der Waals surface area contributed by atoms with Gasteiger partial charge in [-0.2, -0.15) is 0 Å². The smallest absolute Gasteiger partial charge is 0.432 e. The number of hydrogen-bond acceptors (Lipinski definition) is 11. The van der Waals surface area contributed by atoms with Gasteiger partial charge in [-0.25, -0.2) is 4.79 Å². The maximum Gasteiger partial charge on any atom is 0.508 e. The van der Waals surface area contributed by atoms with Crippen LogP contribution in [0.1, 0.15) is 0 Å². The summed E-state index contributed by atoms with van der Waals surface area (Å²) >= 11 is 0. The Labute approximate surface area is 179 Å². The van der Waals surface area contributed by atoms with Crippen LogP contribution >= 0.6 is 0 Å². The van der Waals surface area contributed by atoms with E-state index in [9.17, 15) is 4.79 Å². The molecule has 0 bridgehead atoms. The lowest BCUT2D eigenvalue weighted by atomic mass is 10.7. The van der Waals surface area contributed by atoms with Gasteiger partial charge in [0, 0.05) is 14.2 Å². The third kappa shape index (κ3) is 25.0. The van der Waals surface area contributed by atoms with Crippen LogP contribution in [0.2, 0.25) is 0 Å². The van der Waals surface area contributed by atoms with Crippen molar-refractivity contribution in [3.63, 3.8) is 0 Å². The fourth-order valence-corrected chi connectivity index (χ4v) is 1.78. The fourth-order valence-electron chi connectivity index (χ4n) is 1.78. The minimum atomic E-state index is -0.754. The molecule has 0 N–H and O–H groups in total. The second kappa shape index (κ2) is 26.0. The first kappa shape index (κ1) is 28.9. The van der Waals surface area contributed by atoms with Crippen molar-refractivity contribution in [1.29, 1.82) is 0 Å². The summed E-state index contributed by atoms with van der Waals surface area (Å²) in [4.78, 5) is 11.4. The topological polar surface area (TPSA) is 109 Å². The van der Waals surface area contributed by atoms with Crippen LogP contribution in [0.4, 0.5) is 4.79 Å². The van der Waals surface area contributed by atoms with Gasteiger partial charge in [0.1, 0.15) is 13.2 Å². The van der Waals surface area contributed by atoms with Crippen molar-refractivity contribution in [2.45, 2.75) is 0 Å². The molecule has 0 amide bonds. The van der Waals surface area contributed by atoms with Gasteiger partial charge in [0.25, 0.3) is 0 Å². The van der Waals surface area contributed by atoms with Gasteiger partial charge in [0.2, 0.25) is 0 Å². The number of carbonyl (C=O) groups excluding carboxylic acids is 1. The Morgan fingerprint density at radius 2 is 0.633 bits per heavy atom. The van der Waals surface area contributed by atoms with Gasteiger partial charge in [-0.1, -0.05) is 0 Å². The molecule has 0 atom stereocenters. The van der Waals surface area contributed by atoms with Crippen LogP contribution in [-0.4, -0.2) is 126 Å². The van der Waals surface area contributed by atoms with Gasteiger partial charge in [0.15, 0.2) is 0 Å². The molecule has 0 saturated carbocycles. The van der Waals surface area contributed by atoms with Crippen LogP contribution in [0.25, 0.3) is 0 Å². The van der Waals surface area contributed by atoms with Crippen molar-refractivity contribution in [2.75, 3.05) is 120 Å². The average molecular weight is 443 g/mol. The van der Waals surface area contributed by atoms with E-state index >= 15 is 0 Å². The van der Waals surface area contributed by atoms with Crippen LogP contribution in [0, 0.1) is 0 Å². The van der Waals surface area contributed by atoms with Crippen molar-refractivity contribution < 1.29 is 52.2 Å². The molecule has 180 valence electrons. The largest absolute Gasteiger partial charge is 0.508 e. The molecule has 0 aliphatic rings. The first-order valence-electron chi connectivity index (χ1n) is 10.0. The Morgan fingerprint density at radius 3 is 0.900 bits per heavy atom. The maximum absolute atomic E-state index is 11.4. The molecule has 0 radical (unpaired) electrons. The molecule has 0 aromatic rings. The number of carbonyl (C=O) groups is 1. The molecule has 0 fully saturated rings. The van der Waals surface area contributed by atoms with Crippen LogP contribution in [-0.2, 0) is 47.4 Å². The lowest BCUT2D eigenvalue weighted by Crippen LogP contribution is -2.17. The van der Waals surface area contributed by atoms with Crippen molar-refractivity contribution in [2.24, 2.45) is 0 Å². The lowest BCUT2D eigenvalue weighted by Gasteiger charge is -2.08. The number of rotatable bonds is 24. The molecule has 0 saturated heterocycles. The van der Waals surface area contributed by atoms with Gasteiger partial charge >= 0.3 is 6.16 Å². The summed E-state index contributed by atoms with van der Waals surface area (Å²) in [5.74, 6) is 0. The zero-order valence-corrected chi connectivity index (χ0v) is 18.3. The molecule has 11 nitrogen and oxygen atoms in total. The first-order valence-corrected chi connectivity index (χ1v) is 10.0. The van der Waals surface area contributed by atoms with Gasteiger partial charge in [-0.15, -0.1) is 0 Å². The third-order valence-electron chi connectivity index (χ3n) is 3.25. The molecule has 0 heterocycles. The summed E-state index contributed by atoms with van der Waals surface area (Å²) in [7, 11) is 3.25. The highest BCUT2D eigenvalue weighted by Crippen LogP contribution is 1.89. The molecule has 0 aliphatic carbocycles. The van der Waals surface area contributed by atoms with Crippen LogP contribution in [0.5, 0.6) is 0 Å². The predicted molar refractivity (Wildman–Crippen MR) is 106 cm³/mol. The zero-order chi connectivity index (χ0) is 22.0. The average Bonchev–Trinajstić information content (AvgIpc) is 2.75. The quantitative estimate of drug-likeness (QED) is 0.154. The molecule has 0 rings (SSSR count). The Bertz CT molecular complexity index is 314. The Balaban J connectivity index is 3.14. The van der Waals surface area contributed by atoms with E-state index in [0.29, 0.717) is 79.3 Å². The molecule has 0 unspecified atom stereocenters. The molecule has 0 aliphatic heterocycles. The van der Waals surface area contributed by atoms with Crippen molar-refractivity contribution in [3.8, 4) is 0 Å². The molecular weight excluding hydrogens is 404 g/mol. The lowest BCUT2D eigenvalue weighted by molar-refractivity contribution is -0.0177. The molecular formula is C19H38O11. The van der Waals surface area contributed by atoms with E-state index in [4.69, 9.17) is 47.4 Å². The van der Waals surface area contributed by atoms with Crippen LogP contribution in [0.15, 0.2) is 0 Å². The third-order valence-corrected chi connectivity index (χ3v) is 3.25. The monoisotopic (exact) mass is 442 g/mol. The van der Waals surface area contributed by atoms with E-state index in [1.165, 1.54) is 0 Å². The van der Waals surface area contributed by atoms with Crippen LogP contribution in [0.3, 0.4) is 0 Å². The summed E-state index contributed by atoms with van der Waals surface area (Å²) in [6, 6.07) is 0. The highest BCUT2D eigenvalue weighted by atomic mass is 16.7. The SMILES string of the molecule is COCCOCCOCCOCCOC(=O)OCCOCCOCCOCCOC. The molecule has 11 heteroatoms. The maximum atomic E-state index is 11.4. The second-order valence-electron chi connectivity index (χ2n) is 5.61. The van der Waals surface area contributed by atoms with Crippen molar-refractivity contribution in [3.05, 3.63) is 0 Å². The number of hydrogen-bond donors (Lipinski definition) is 0. The first-order chi connectivity index (χ1) is 14.8. The Kier molecular flexibility index (Phi) is 25.1. The van der Waals surface area contributed by atoms with Gasteiger partial charge in [-0.05, 0) is 0 Å². The van der Waals surface area contributed by atoms with Gasteiger partial charge < -0.3 is 47.4 Å². The summed E-state index contributed by atoms with van der Waals surface area (Å²) in [6.07, 6.45) is -0.754. The second-order valence-corrected chi connectivity index (χ2v) is 5.61. The fraction of sp³-hybridized carbons (Fsp3) is 0.947. The summed E-state index contributed by atoms with van der Waals surface area (Å²) in [5.41, 5.74) is 0. The number of ether oxygens (including phenoxy) is 10. The van der Waals surface area contributed by atoms with E-state index in [-0.39, 0.29) is 26.4 Å². The van der Waals surface area contributed by atoms with E-state index in [1.54, 1.807) is 14.2 Å². The number of methoxy groups -OCH3 is 2. The van der Waals surface area contributed by atoms with E-state index in [0.717, 1.165) is 0 Å². The highest BCUT2D eigenvalue weighted by molar-refractivity contribution is 5.59. The minimum Gasteiger partial charge on any atom is -0.432 e. The van der Waals surface area contributed by atoms with E-state index < -0.39 is 6.16 Å². The molecule has 0 aromatic carbocycles. The predicted octanol–water partition coefficient (Wildman–Crippen LogP) is 0.532. The molecule has 0 spiro atoms. The van der Waals surface area contributed by atoms with E-state index in [2.05, 4.69) is 0 Å². The standard InChI is InChI=1S/C19H38O11/c1-21-3-5-23-7-9-25-11-13-27-15-17-29-19(20)30-18-16-28-14-12-26-10-8-24-6-4-22-2/h3-18H2,1-2H3. The Morgan fingerprint density at radius 1 is 0.400 bits per heavy atom. The zero-order valence-electron chi connectivity index (χ0n) is 18.3. The van der Waals surface area contributed by atoms with Crippen molar-refractivity contribution in [1.82, 2.24) is 0 Å². The summed E-state index contributed by atoms with van der Waals surface area (Å²) < 4.78 is 51.1.